The van der Waals surface area contributed by atoms with Gasteiger partial charge in [0.2, 0.25) is 5.03 Å². The molecule has 0 N–H and O–H groups in total. The van der Waals surface area contributed by atoms with Gasteiger partial charge in [-0.2, -0.15) is 9.40 Å². The van der Waals surface area contributed by atoms with Crippen molar-refractivity contribution in [3.63, 3.8) is 0 Å². The number of benzene rings is 1. The number of piperazine rings is 2. The molecule has 0 aliphatic carbocycles. The second-order valence-corrected chi connectivity index (χ2v) is 12.2. The Morgan fingerprint density at radius 2 is 1.69 bits per heavy atom. The van der Waals surface area contributed by atoms with Crippen LogP contribution in [0.2, 0.25) is 5.02 Å². The highest BCUT2D eigenvalue weighted by Gasteiger charge is 2.36. The van der Waals surface area contributed by atoms with Crippen LogP contribution in [0.4, 0.5) is 5.69 Å². The van der Waals surface area contributed by atoms with Crippen molar-refractivity contribution in [2.45, 2.75) is 38.8 Å². The molecule has 198 valence electrons. The van der Waals surface area contributed by atoms with Gasteiger partial charge in [-0.05, 0) is 24.5 Å². The number of carbonyl (C=O) groups excluding carboxylic acids is 1. The largest absolute Gasteiger partial charge is 0.368 e. The molecule has 9 nitrogen and oxygen atoms in total. The lowest BCUT2D eigenvalue weighted by atomic mass is 10.2. The van der Waals surface area contributed by atoms with E-state index in [1.54, 1.807) is 15.8 Å². The number of hydrogen-bond acceptors (Lipinski definition) is 6. The number of para-hydroxylation sites is 1. The van der Waals surface area contributed by atoms with Gasteiger partial charge in [0.15, 0.2) is 0 Å². The van der Waals surface area contributed by atoms with Gasteiger partial charge in [-0.1, -0.05) is 44.5 Å². The predicted molar refractivity (Wildman–Crippen MR) is 142 cm³/mol. The Labute approximate surface area is 219 Å². The van der Waals surface area contributed by atoms with E-state index in [1.807, 2.05) is 31.2 Å². The minimum atomic E-state index is -3.93. The highest BCUT2D eigenvalue weighted by atomic mass is 35.5. The van der Waals surface area contributed by atoms with Gasteiger partial charge in [0.05, 0.1) is 16.3 Å². The maximum absolute atomic E-state index is 13.7. The zero-order valence-electron chi connectivity index (χ0n) is 21.4. The first-order valence-corrected chi connectivity index (χ1v) is 14.6. The molecule has 0 unspecified atom stereocenters. The third-order valence-electron chi connectivity index (χ3n) is 6.71. The number of amides is 1. The number of hydrogen-bond donors (Lipinski definition) is 0. The SMILES string of the molecule is CCCn1cc(C(=O)N2CCN(CC(C)C)CC2)c(S(=O)(=O)N2CCN(c3ccccc3Cl)CC2)n1. The van der Waals surface area contributed by atoms with Gasteiger partial charge < -0.3 is 9.80 Å². The average molecular weight is 537 g/mol. The number of aryl methyl sites for hydroxylation is 1. The highest BCUT2D eigenvalue weighted by Crippen LogP contribution is 2.28. The first kappa shape index (κ1) is 26.9. The summed E-state index contributed by atoms with van der Waals surface area (Å²) in [4.78, 5) is 19.7. The molecule has 0 bridgehead atoms. The lowest BCUT2D eigenvalue weighted by molar-refractivity contribution is 0.0620. The molecular weight excluding hydrogens is 500 g/mol. The van der Waals surface area contributed by atoms with E-state index >= 15 is 0 Å². The molecule has 0 spiro atoms. The highest BCUT2D eigenvalue weighted by molar-refractivity contribution is 7.89. The first-order chi connectivity index (χ1) is 17.2. The lowest BCUT2D eigenvalue weighted by Gasteiger charge is -2.36. The summed E-state index contributed by atoms with van der Waals surface area (Å²) in [6.07, 6.45) is 2.40. The zero-order chi connectivity index (χ0) is 25.9. The molecule has 2 fully saturated rings. The van der Waals surface area contributed by atoms with Gasteiger partial charge in [0.25, 0.3) is 15.9 Å². The predicted octanol–water partition coefficient (Wildman–Crippen LogP) is 2.87. The number of nitrogens with zero attached hydrogens (tertiary/aromatic N) is 6. The Morgan fingerprint density at radius 3 is 2.31 bits per heavy atom. The van der Waals surface area contributed by atoms with Gasteiger partial charge in [-0.3, -0.25) is 14.4 Å². The van der Waals surface area contributed by atoms with Crippen molar-refractivity contribution in [2.24, 2.45) is 5.92 Å². The topological polar surface area (TPSA) is 82.0 Å². The first-order valence-electron chi connectivity index (χ1n) is 12.8. The van der Waals surface area contributed by atoms with Gasteiger partial charge in [0.1, 0.15) is 0 Å². The van der Waals surface area contributed by atoms with E-state index < -0.39 is 10.0 Å². The summed E-state index contributed by atoms with van der Waals surface area (Å²) < 4.78 is 30.5. The Bertz CT molecular complexity index is 1150. The molecular formula is C25H37ClN6O3S. The molecule has 0 atom stereocenters. The maximum atomic E-state index is 13.7. The minimum Gasteiger partial charge on any atom is -0.368 e. The number of rotatable bonds is 8. The number of sulfonamides is 1. The Kier molecular flexibility index (Phi) is 8.59. The van der Waals surface area contributed by atoms with E-state index in [0.29, 0.717) is 56.8 Å². The van der Waals surface area contributed by atoms with Crippen molar-refractivity contribution < 1.29 is 13.2 Å². The van der Waals surface area contributed by atoms with Crippen molar-refractivity contribution in [2.75, 3.05) is 63.8 Å². The van der Waals surface area contributed by atoms with Crippen LogP contribution in [-0.4, -0.2) is 97.1 Å². The number of carbonyl (C=O) groups is 1. The van der Waals surface area contributed by atoms with E-state index in [1.165, 1.54) is 4.31 Å². The molecule has 11 heteroatoms. The van der Waals surface area contributed by atoms with Crippen LogP contribution in [0.1, 0.15) is 37.6 Å². The third kappa shape index (κ3) is 5.88. The molecule has 2 aromatic rings. The van der Waals surface area contributed by atoms with Crippen LogP contribution in [0.25, 0.3) is 0 Å². The van der Waals surface area contributed by atoms with Crippen LogP contribution >= 0.6 is 11.6 Å². The molecule has 1 aromatic heterocycles. The normalized spacial score (nSPS) is 18.2. The van der Waals surface area contributed by atoms with Gasteiger partial charge in [-0.25, -0.2) is 8.42 Å². The molecule has 1 amide bonds. The summed E-state index contributed by atoms with van der Waals surface area (Å²) in [6.45, 7) is 12.3. The van der Waals surface area contributed by atoms with Crippen LogP contribution in [0.5, 0.6) is 0 Å². The molecule has 4 rings (SSSR count). The molecule has 0 saturated carbocycles. The Morgan fingerprint density at radius 1 is 1.03 bits per heavy atom. The number of anilines is 1. The molecule has 2 aliphatic heterocycles. The zero-order valence-corrected chi connectivity index (χ0v) is 23.0. The van der Waals surface area contributed by atoms with Crippen molar-refractivity contribution in [1.29, 1.82) is 0 Å². The van der Waals surface area contributed by atoms with Crippen LogP contribution in [-0.2, 0) is 16.6 Å². The summed E-state index contributed by atoms with van der Waals surface area (Å²) >= 11 is 6.34. The van der Waals surface area contributed by atoms with E-state index in [4.69, 9.17) is 11.6 Å². The van der Waals surface area contributed by atoms with Crippen LogP contribution in [0.15, 0.2) is 35.5 Å². The van der Waals surface area contributed by atoms with Crippen molar-refractivity contribution in [3.8, 4) is 0 Å². The van der Waals surface area contributed by atoms with E-state index in [-0.39, 0.29) is 16.5 Å². The fourth-order valence-electron chi connectivity index (χ4n) is 4.90. The second-order valence-electron chi connectivity index (χ2n) is 9.94. The quantitative estimate of drug-likeness (QED) is 0.516. The Balaban J connectivity index is 1.51. The molecule has 3 heterocycles. The minimum absolute atomic E-state index is 0.128. The molecule has 36 heavy (non-hydrogen) atoms. The summed E-state index contributed by atoms with van der Waals surface area (Å²) in [5, 5.41) is 4.92. The van der Waals surface area contributed by atoms with Crippen LogP contribution in [0.3, 0.4) is 0 Å². The van der Waals surface area contributed by atoms with Crippen LogP contribution < -0.4 is 4.90 Å². The van der Waals surface area contributed by atoms with Gasteiger partial charge in [-0.15, -0.1) is 0 Å². The Hall–Kier alpha value is -2.14. The molecule has 1 aromatic carbocycles. The summed E-state index contributed by atoms with van der Waals surface area (Å²) in [5.41, 5.74) is 1.07. The number of aromatic nitrogens is 2. The molecule has 0 radical (unpaired) electrons. The summed E-state index contributed by atoms with van der Waals surface area (Å²) in [6, 6.07) is 7.57. The molecule has 2 aliphatic rings. The third-order valence-corrected chi connectivity index (χ3v) is 8.86. The second kappa shape index (κ2) is 11.5. The number of halogens is 1. The standard InChI is InChI=1S/C25H37ClN6O3S/c1-4-9-31-19-21(25(33)30-12-10-28(11-13-30)18-20(2)3)24(27-31)36(34,35)32-16-14-29(15-17-32)23-8-6-5-7-22(23)26/h5-8,19-20H,4,9-18H2,1-3H3. The summed E-state index contributed by atoms with van der Waals surface area (Å²) in [7, 11) is -3.93. The van der Waals surface area contributed by atoms with E-state index in [2.05, 4.69) is 28.7 Å². The fourth-order valence-corrected chi connectivity index (χ4v) is 6.67. The van der Waals surface area contributed by atoms with Crippen LogP contribution in [0, 0.1) is 5.92 Å². The summed E-state index contributed by atoms with van der Waals surface area (Å²) in [5.74, 6) is 0.310. The van der Waals surface area contributed by atoms with Crippen molar-refractivity contribution in [3.05, 3.63) is 41.0 Å². The monoisotopic (exact) mass is 536 g/mol. The van der Waals surface area contributed by atoms with Crippen molar-refractivity contribution in [1.82, 2.24) is 23.9 Å². The lowest BCUT2D eigenvalue weighted by Crippen LogP contribution is -2.50. The average Bonchev–Trinajstić information content (AvgIpc) is 3.29. The van der Waals surface area contributed by atoms with E-state index in [0.717, 1.165) is 31.7 Å². The fraction of sp³-hybridized carbons (Fsp3) is 0.600. The molecule has 2 saturated heterocycles. The smallest absolute Gasteiger partial charge is 0.263 e. The maximum Gasteiger partial charge on any atom is 0.263 e. The van der Waals surface area contributed by atoms with Gasteiger partial charge in [0, 0.05) is 71.6 Å². The van der Waals surface area contributed by atoms with Crippen molar-refractivity contribution >= 4 is 33.2 Å². The van der Waals surface area contributed by atoms with Gasteiger partial charge >= 0.3 is 0 Å². The van der Waals surface area contributed by atoms with E-state index in [9.17, 15) is 13.2 Å².